The lowest BCUT2D eigenvalue weighted by atomic mass is 9.70. The van der Waals surface area contributed by atoms with Gasteiger partial charge in [-0.2, -0.15) is 0 Å². The third-order valence-corrected chi connectivity index (χ3v) is 11.4. The minimum atomic E-state index is -3.88. The summed E-state index contributed by atoms with van der Waals surface area (Å²) in [5.41, 5.74) is -13.4. The van der Waals surface area contributed by atoms with Crippen molar-refractivity contribution in [2.24, 2.45) is 0 Å². The van der Waals surface area contributed by atoms with E-state index in [1.807, 2.05) is 0 Å². The Morgan fingerprint density at radius 3 is 1.37 bits per heavy atom. The predicted octanol–water partition coefficient (Wildman–Crippen LogP) is -3.79. The van der Waals surface area contributed by atoms with Gasteiger partial charge in [0.2, 0.25) is 28.6 Å². The molecular formula is C43H42O22. The predicted molar refractivity (Wildman–Crippen MR) is 214 cm³/mol. The molecule has 15 N–H and O–H groups in total. The van der Waals surface area contributed by atoms with Crippen molar-refractivity contribution < 1.29 is 110 Å². The Morgan fingerprint density at radius 2 is 0.954 bits per heavy atom. The molecular weight excluding hydrogens is 868 g/mol. The van der Waals surface area contributed by atoms with Gasteiger partial charge in [-0.05, 0) is 53.6 Å². The van der Waals surface area contributed by atoms with Gasteiger partial charge < -0.3 is 86.1 Å². The molecule has 2 aliphatic heterocycles. The first kappa shape index (κ1) is 48.2. The molecule has 2 aliphatic carbocycles. The second-order valence-electron chi connectivity index (χ2n) is 15.4. The first-order chi connectivity index (χ1) is 30.5. The lowest BCUT2D eigenvalue weighted by Crippen LogP contribution is -2.69. The number of carbonyl (C=O) groups excluding carboxylic acids is 5. The molecule has 2 aromatic carbocycles. The minimum absolute atomic E-state index is 0.103. The van der Waals surface area contributed by atoms with Crippen LogP contribution in [0.2, 0.25) is 0 Å². The fraction of sp³-hybridized carbons (Fsp3) is 0.326. The second-order valence-corrected chi connectivity index (χ2v) is 15.4. The van der Waals surface area contributed by atoms with Crippen molar-refractivity contribution in [3.05, 3.63) is 117 Å². The number of allylic oxidation sites excluding steroid dienone is 4. The Morgan fingerprint density at radius 1 is 0.554 bits per heavy atom. The van der Waals surface area contributed by atoms with E-state index >= 15 is 0 Å². The number of rotatable bonds is 11. The quantitative estimate of drug-likeness (QED) is 0.0759. The van der Waals surface area contributed by atoms with Crippen LogP contribution in [0.3, 0.4) is 0 Å². The van der Waals surface area contributed by atoms with Gasteiger partial charge >= 0.3 is 0 Å². The lowest BCUT2D eigenvalue weighted by molar-refractivity contribution is -0.262. The third-order valence-electron chi connectivity index (χ3n) is 11.4. The van der Waals surface area contributed by atoms with Gasteiger partial charge in [-0.15, -0.1) is 0 Å². The molecule has 2 fully saturated rings. The molecule has 346 valence electrons. The zero-order valence-corrected chi connectivity index (χ0v) is 33.3. The Bertz CT molecular complexity index is 2460. The highest BCUT2D eigenvalue weighted by Crippen LogP contribution is 2.44. The van der Waals surface area contributed by atoms with Gasteiger partial charge in [-0.1, -0.05) is 36.4 Å². The van der Waals surface area contributed by atoms with Crippen LogP contribution in [-0.2, 0) is 33.4 Å². The summed E-state index contributed by atoms with van der Waals surface area (Å²) >= 11 is 0. The van der Waals surface area contributed by atoms with Gasteiger partial charge in [0.1, 0.15) is 101 Å². The molecule has 2 aromatic rings. The highest BCUT2D eigenvalue weighted by Gasteiger charge is 2.64. The average molecular weight is 911 g/mol. The molecule has 0 aromatic heterocycles. The molecule has 6 rings (SSSR count). The van der Waals surface area contributed by atoms with Crippen LogP contribution in [-0.4, -0.2) is 191 Å². The molecule has 2 heterocycles. The number of benzene rings is 2. The number of aliphatic hydroxyl groups excluding tert-OH is 11. The van der Waals surface area contributed by atoms with Gasteiger partial charge in [0.25, 0.3) is 0 Å². The standard InChI is InChI=1S/C43H42O22/c44-14-24-30(52)32(54)34(56)40(64-24)42(62)36(58)20(28(50)26(38(42)60)22(48)11-5-16-1-7-18(46)8-2-16)13-21-29(51)27(23(49)12-6-17-3-9-19(47)10-4-17)39(61)43(63,37(21)59)41-35(57)33(55)31(53)25(15-45)65-41/h1-13,24-25,30-35,40-41,44-47,50,52-58,61-63H,14-15H2/b11-5+,12-6+,21-13-/t24-,25-,30-,31-,32+,33+,34-,35-,40?,41?,42?,43?/m1/s1. The SMILES string of the molecule is O=C(/C=C/c1ccc(O)cc1)C1=C(O)C(/C=C2/C(=O)C(C(=O)/C=C/c3ccc(O)cc3)=C(O)C(O)(C3O[C@H](CO)[C@@H](O)[C@H](O)[C@H]3O)C2=O)=C(O)C(O)(C2O[C@H](CO)[C@@H](O)[C@H](O)[C@H]2O)C1=O. The largest absolute Gasteiger partial charge is 0.508 e. The summed E-state index contributed by atoms with van der Waals surface area (Å²) in [6.45, 7) is -2.33. The highest BCUT2D eigenvalue weighted by molar-refractivity contribution is 6.41. The van der Waals surface area contributed by atoms with Crippen LogP contribution < -0.4 is 0 Å². The topological polar surface area (TPSA) is 407 Å². The number of carbonyl (C=O) groups is 5. The second kappa shape index (κ2) is 18.3. The fourth-order valence-electron chi connectivity index (χ4n) is 7.68. The van der Waals surface area contributed by atoms with Gasteiger partial charge in [-0.25, -0.2) is 0 Å². The normalized spacial score (nSPS) is 34.4. The third kappa shape index (κ3) is 8.22. The van der Waals surface area contributed by atoms with E-state index in [4.69, 9.17) is 9.47 Å². The van der Waals surface area contributed by atoms with Gasteiger partial charge in [-0.3, -0.25) is 24.0 Å². The van der Waals surface area contributed by atoms with E-state index < -0.39 is 154 Å². The van der Waals surface area contributed by atoms with E-state index in [9.17, 15) is 101 Å². The van der Waals surface area contributed by atoms with Crippen molar-refractivity contribution in [3.8, 4) is 11.5 Å². The number of hydrogen-bond donors (Lipinski definition) is 15. The summed E-state index contributed by atoms with van der Waals surface area (Å²) in [5, 5.41) is 162. The van der Waals surface area contributed by atoms with Crippen LogP contribution >= 0.6 is 0 Å². The van der Waals surface area contributed by atoms with E-state index in [2.05, 4.69) is 0 Å². The molecule has 0 bridgehead atoms. The molecule has 22 nitrogen and oxygen atoms in total. The zero-order chi connectivity index (χ0) is 48.0. The summed E-state index contributed by atoms with van der Waals surface area (Å²) < 4.78 is 10.7. The zero-order valence-electron chi connectivity index (χ0n) is 33.3. The molecule has 0 radical (unpaired) electrons. The molecule has 65 heavy (non-hydrogen) atoms. The number of aromatic hydroxyl groups is 2. The molecule has 4 aliphatic rings. The van der Waals surface area contributed by atoms with Crippen molar-refractivity contribution in [3.63, 3.8) is 0 Å². The number of hydrogen-bond acceptors (Lipinski definition) is 22. The number of ketones is 5. The van der Waals surface area contributed by atoms with E-state index in [-0.39, 0.29) is 28.7 Å². The number of aliphatic hydroxyl groups is 13. The maximum atomic E-state index is 14.5. The Hall–Kier alpha value is -6.25. The first-order valence-electron chi connectivity index (χ1n) is 19.3. The molecule has 2 saturated heterocycles. The Balaban J connectivity index is 1.60. The summed E-state index contributed by atoms with van der Waals surface area (Å²) in [4.78, 5) is 70.8. The molecule has 22 heteroatoms. The van der Waals surface area contributed by atoms with Crippen LogP contribution in [0.25, 0.3) is 12.2 Å². The maximum Gasteiger partial charge on any atom is 0.214 e. The summed E-state index contributed by atoms with van der Waals surface area (Å²) in [6, 6.07) is 9.97. The molecule has 0 spiro atoms. The molecule has 0 saturated carbocycles. The number of ether oxygens (including phenoxy) is 2. The van der Waals surface area contributed by atoms with Crippen LogP contribution in [0.4, 0.5) is 0 Å². The molecule has 0 amide bonds. The number of phenolic OH excluding ortho intramolecular Hbond substituents is 2. The van der Waals surface area contributed by atoms with E-state index in [1.54, 1.807) is 0 Å². The van der Waals surface area contributed by atoms with Crippen molar-refractivity contribution in [2.45, 2.75) is 72.2 Å². The van der Waals surface area contributed by atoms with Gasteiger partial charge in [0.15, 0.2) is 11.6 Å². The molecule has 12 atom stereocenters. The number of Topliss-reactive ketones (excluding diaryl/α,β-unsaturated/α-hetero) is 3. The van der Waals surface area contributed by atoms with Crippen LogP contribution in [0.1, 0.15) is 11.1 Å². The van der Waals surface area contributed by atoms with Crippen molar-refractivity contribution >= 4 is 41.1 Å². The van der Waals surface area contributed by atoms with E-state index in [0.29, 0.717) is 12.2 Å². The average Bonchev–Trinajstić information content (AvgIpc) is 3.28. The van der Waals surface area contributed by atoms with Crippen LogP contribution in [0.5, 0.6) is 11.5 Å². The first-order valence-corrected chi connectivity index (χ1v) is 19.3. The molecule has 4 unspecified atom stereocenters. The number of phenols is 2. The van der Waals surface area contributed by atoms with E-state index in [0.717, 1.165) is 12.2 Å². The summed E-state index contributed by atoms with van der Waals surface area (Å²) in [5.74, 6) is -14.7. The smallest absolute Gasteiger partial charge is 0.214 e. The van der Waals surface area contributed by atoms with Crippen LogP contribution in [0, 0.1) is 0 Å². The van der Waals surface area contributed by atoms with Gasteiger partial charge in [0.05, 0.1) is 24.4 Å². The van der Waals surface area contributed by atoms with Crippen LogP contribution in [0.15, 0.2) is 106 Å². The Kier molecular flexibility index (Phi) is 13.6. The highest BCUT2D eigenvalue weighted by atomic mass is 16.6. The van der Waals surface area contributed by atoms with E-state index in [1.165, 1.54) is 48.5 Å². The Labute approximate surface area is 365 Å². The van der Waals surface area contributed by atoms with Gasteiger partial charge in [0, 0.05) is 0 Å². The maximum absolute atomic E-state index is 14.5. The van der Waals surface area contributed by atoms with Crippen molar-refractivity contribution in [2.75, 3.05) is 13.2 Å². The fourth-order valence-corrected chi connectivity index (χ4v) is 7.68. The van der Waals surface area contributed by atoms with Crippen molar-refractivity contribution in [1.82, 2.24) is 0 Å². The monoisotopic (exact) mass is 910 g/mol. The summed E-state index contributed by atoms with van der Waals surface area (Å²) in [7, 11) is 0. The van der Waals surface area contributed by atoms with Crippen molar-refractivity contribution in [1.29, 1.82) is 0 Å². The lowest BCUT2D eigenvalue weighted by Gasteiger charge is -2.47. The summed E-state index contributed by atoms with van der Waals surface area (Å²) in [6.07, 6.45) is -19.9. The minimum Gasteiger partial charge on any atom is -0.508 e.